The third kappa shape index (κ3) is 5.74. The molecule has 13 heteroatoms. The van der Waals surface area contributed by atoms with Crippen molar-refractivity contribution in [1.82, 2.24) is 19.1 Å². The monoisotopic (exact) mass is 514 g/mol. The van der Waals surface area contributed by atoms with Gasteiger partial charge in [-0.3, -0.25) is 14.3 Å². The molecule has 4 N–H and O–H groups in total. The first-order valence-electron chi connectivity index (χ1n) is 10.2. The maximum absolute atomic E-state index is 13.0. The lowest BCUT2D eigenvalue weighted by atomic mass is 10.2. The van der Waals surface area contributed by atoms with Gasteiger partial charge in [0.1, 0.15) is 10.6 Å². The molecule has 4 rings (SSSR count). The average Bonchev–Trinajstić information content (AvgIpc) is 3.31. The van der Waals surface area contributed by atoms with Crippen LogP contribution in [0, 0.1) is 0 Å². The minimum absolute atomic E-state index is 0.0313. The van der Waals surface area contributed by atoms with E-state index in [-0.39, 0.29) is 35.4 Å². The quantitative estimate of drug-likeness (QED) is 0.324. The number of aliphatic hydroxyl groups is 1. The van der Waals surface area contributed by atoms with Gasteiger partial charge in [-0.1, -0.05) is 35.1 Å². The number of amides is 1. The van der Waals surface area contributed by atoms with Crippen LogP contribution in [0.2, 0.25) is 5.02 Å². The first kappa shape index (κ1) is 24.1. The Morgan fingerprint density at radius 1 is 1.14 bits per heavy atom. The Hall–Kier alpha value is -4.00. The Morgan fingerprint density at radius 3 is 2.49 bits per heavy atom. The molecule has 0 spiro atoms. The molecule has 2 aromatic heterocycles. The van der Waals surface area contributed by atoms with Crippen molar-refractivity contribution >= 4 is 34.5 Å². The summed E-state index contributed by atoms with van der Waals surface area (Å²) in [5.41, 5.74) is 5.14. The molecule has 180 valence electrons. The van der Waals surface area contributed by atoms with Crippen LogP contribution in [0.5, 0.6) is 10.9 Å². The van der Waals surface area contributed by atoms with Gasteiger partial charge in [0.05, 0.1) is 31.6 Å². The van der Waals surface area contributed by atoms with Gasteiger partial charge < -0.3 is 15.6 Å². The van der Waals surface area contributed by atoms with Crippen LogP contribution in [0.4, 0.5) is 5.69 Å². The summed E-state index contributed by atoms with van der Waals surface area (Å²) in [6, 6.07) is 13.4. The van der Waals surface area contributed by atoms with Gasteiger partial charge in [-0.2, -0.15) is 0 Å². The number of carbonyl (C=O) groups is 1. The lowest BCUT2D eigenvalue weighted by Crippen LogP contribution is -2.50. The van der Waals surface area contributed by atoms with Crippen LogP contribution in [0.15, 0.2) is 69.3 Å². The van der Waals surface area contributed by atoms with Crippen LogP contribution in [-0.2, 0) is 13.1 Å². The number of thiazole rings is 1. The number of halogens is 1. The maximum Gasteiger partial charge on any atom is 0.335 e. The Morgan fingerprint density at radius 2 is 1.86 bits per heavy atom. The normalized spacial score (nSPS) is 11.5. The number of ether oxygens (including phenoxy) is 1. The van der Waals surface area contributed by atoms with E-state index in [1.807, 2.05) is 0 Å². The zero-order valence-corrected chi connectivity index (χ0v) is 19.6. The fraction of sp³-hybridized carbons (Fsp3) is 0.136. The molecular formula is C22H19ClN6O5S. The van der Waals surface area contributed by atoms with Crippen LogP contribution in [0.3, 0.4) is 0 Å². The molecule has 0 aliphatic heterocycles. The second kappa shape index (κ2) is 10.5. The van der Waals surface area contributed by atoms with Crippen molar-refractivity contribution in [2.24, 2.45) is 10.7 Å². The molecular weight excluding hydrogens is 496 g/mol. The first-order valence-corrected chi connectivity index (χ1v) is 11.4. The van der Waals surface area contributed by atoms with E-state index < -0.39 is 17.3 Å². The Kier molecular flexibility index (Phi) is 7.25. The molecule has 0 aliphatic rings. The van der Waals surface area contributed by atoms with Gasteiger partial charge in [0.15, 0.2) is 0 Å². The van der Waals surface area contributed by atoms with Crippen molar-refractivity contribution in [3.63, 3.8) is 0 Å². The van der Waals surface area contributed by atoms with Gasteiger partial charge in [0.25, 0.3) is 11.1 Å². The summed E-state index contributed by atoms with van der Waals surface area (Å²) in [5, 5.41) is 10.0. The summed E-state index contributed by atoms with van der Waals surface area (Å²) in [7, 11) is 0. The minimum Gasteiger partial charge on any atom is -0.431 e. The largest absolute Gasteiger partial charge is 0.431 e. The van der Waals surface area contributed by atoms with Crippen LogP contribution in [0.25, 0.3) is 0 Å². The van der Waals surface area contributed by atoms with Crippen LogP contribution < -0.4 is 27.5 Å². The second-order valence-electron chi connectivity index (χ2n) is 7.19. The molecule has 11 nitrogen and oxygen atoms in total. The third-order valence-electron chi connectivity index (χ3n) is 4.76. The Balaban J connectivity index is 1.69. The first-order chi connectivity index (χ1) is 16.8. The topological polar surface area (TPSA) is 158 Å². The van der Waals surface area contributed by atoms with E-state index in [0.29, 0.717) is 16.5 Å². The predicted octanol–water partition coefficient (Wildman–Crippen LogP) is 1.61. The standard InChI is InChI=1S/C22H19ClN6O5S/c23-14-3-1-13(2-4-14)12-29-19(27-20(32)28(9-10-30)22(29)33)26-15-5-7-16(8-6-15)34-21-25-11-17(35-21)18(24)31/h1-8,11,30H,9-10,12H2,(H2,24,31)(H,26,27,32). The number of hydrogen-bond donors (Lipinski definition) is 3. The van der Waals surface area contributed by atoms with Crippen molar-refractivity contribution in [1.29, 1.82) is 0 Å². The molecule has 0 atom stereocenters. The van der Waals surface area contributed by atoms with Crippen LogP contribution in [0.1, 0.15) is 15.2 Å². The molecule has 0 saturated carbocycles. The number of aromatic nitrogens is 4. The van der Waals surface area contributed by atoms with Crippen LogP contribution in [-0.4, -0.2) is 36.7 Å². The zero-order valence-electron chi connectivity index (χ0n) is 18.1. The molecule has 35 heavy (non-hydrogen) atoms. The number of benzene rings is 2. The number of nitrogens with one attached hydrogen (secondary N) is 1. The minimum atomic E-state index is -0.691. The summed E-state index contributed by atoms with van der Waals surface area (Å²) in [4.78, 5) is 48.0. The maximum atomic E-state index is 13.0. The number of carbonyl (C=O) groups excluding carboxylic acids is 1. The van der Waals surface area contributed by atoms with Crippen molar-refractivity contribution in [3.05, 3.63) is 96.8 Å². The summed E-state index contributed by atoms with van der Waals surface area (Å²) in [6.45, 7) is -0.415. The number of aliphatic hydroxyl groups excluding tert-OH is 1. The summed E-state index contributed by atoms with van der Waals surface area (Å²) >= 11 is 6.97. The number of nitrogens with zero attached hydrogens (tertiary/aromatic N) is 4. The van der Waals surface area contributed by atoms with Gasteiger partial charge in [0.2, 0.25) is 5.62 Å². The lowest BCUT2D eigenvalue weighted by molar-refractivity contribution is 0.100. The van der Waals surface area contributed by atoms with Gasteiger partial charge >= 0.3 is 11.4 Å². The van der Waals surface area contributed by atoms with Crippen LogP contribution >= 0.6 is 22.9 Å². The molecule has 2 heterocycles. The fourth-order valence-corrected chi connectivity index (χ4v) is 3.85. The number of nitrogens with two attached hydrogens (primary N) is 1. The third-order valence-corrected chi connectivity index (χ3v) is 5.90. The molecule has 0 fully saturated rings. The number of rotatable bonds is 8. The Labute approximate surface area is 206 Å². The molecule has 2 aromatic carbocycles. The molecule has 0 saturated heterocycles. The van der Waals surface area contributed by atoms with E-state index in [2.05, 4.69) is 15.0 Å². The van der Waals surface area contributed by atoms with E-state index in [1.165, 1.54) is 10.8 Å². The van der Waals surface area contributed by atoms with E-state index in [4.69, 9.17) is 22.1 Å². The highest BCUT2D eigenvalue weighted by Gasteiger charge is 2.11. The van der Waals surface area contributed by atoms with Crippen molar-refractivity contribution < 1.29 is 14.6 Å². The van der Waals surface area contributed by atoms with Gasteiger partial charge in [-0.05, 0) is 42.0 Å². The molecule has 0 aliphatic carbocycles. The highest BCUT2D eigenvalue weighted by molar-refractivity contribution is 7.15. The van der Waals surface area contributed by atoms with E-state index >= 15 is 0 Å². The van der Waals surface area contributed by atoms with E-state index in [9.17, 15) is 19.5 Å². The summed E-state index contributed by atoms with van der Waals surface area (Å²) < 4.78 is 7.82. The summed E-state index contributed by atoms with van der Waals surface area (Å²) in [5.74, 6) is -0.150. The predicted molar refractivity (Wildman–Crippen MR) is 129 cm³/mol. The number of aromatic amines is 1. The molecule has 0 bridgehead atoms. The number of hydrogen-bond acceptors (Lipinski definition) is 8. The molecule has 4 aromatic rings. The van der Waals surface area contributed by atoms with Crippen molar-refractivity contribution in [2.45, 2.75) is 13.1 Å². The van der Waals surface area contributed by atoms with Gasteiger partial charge in [-0.25, -0.2) is 24.1 Å². The van der Waals surface area contributed by atoms with Crippen molar-refractivity contribution in [2.75, 3.05) is 6.61 Å². The lowest BCUT2D eigenvalue weighted by Gasteiger charge is -2.10. The van der Waals surface area contributed by atoms with E-state index in [1.54, 1.807) is 48.5 Å². The number of H-pyrrole nitrogens is 1. The summed E-state index contributed by atoms with van der Waals surface area (Å²) in [6.07, 6.45) is 1.33. The average molecular weight is 515 g/mol. The van der Waals surface area contributed by atoms with Gasteiger partial charge in [0, 0.05) is 5.02 Å². The Bertz CT molecular complexity index is 1540. The fourth-order valence-electron chi connectivity index (χ4n) is 3.09. The second-order valence-corrected chi connectivity index (χ2v) is 8.62. The zero-order chi connectivity index (χ0) is 24.9. The van der Waals surface area contributed by atoms with E-state index in [0.717, 1.165) is 21.5 Å². The molecule has 0 radical (unpaired) electrons. The molecule has 1 amide bonds. The smallest absolute Gasteiger partial charge is 0.335 e. The SMILES string of the molecule is NC(=O)c1cnc(Oc2ccc(/N=c3\[nH]c(=O)n(CCO)c(=O)n3Cc3ccc(Cl)cc3)cc2)s1. The highest BCUT2D eigenvalue weighted by atomic mass is 35.5. The molecule has 0 unspecified atom stereocenters. The number of primary amides is 1. The van der Waals surface area contributed by atoms with Crippen molar-refractivity contribution in [3.8, 4) is 10.9 Å². The highest BCUT2D eigenvalue weighted by Crippen LogP contribution is 2.27. The van der Waals surface area contributed by atoms with Gasteiger partial charge in [-0.15, -0.1) is 0 Å².